The van der Waals surface area contributed by atoms with E-state index in [1.165, 1.54) is 26.4 Å². The summed E-state index contributed by atoms with van der Waals surface area (Å²) < 4.78 is 14.1. The second kappa shape index (κ2) is 5.34. The van der Waals surface area contributed by atoms with Gasteiger partial charge in [-0.1, -0.05) is 11.6 Å². The van der Waals surface area contributed by atoms with E-state index in [1.807, 2.05) is 0 Å². The van der Waals surface area contributed by atoms with E-state index in [0.717, 1.165) is 6.07 Å². The third-order valence-electron chi connectivity index (χ3n) is 2.63. The number of hydrogen-bond donors (Lipinski definition) is 0. The maximum atomic E-state index is 11.7. The molecule has 1 aromatic heterocycles. The molecule has 0 aliphatic heterocycles. The van der Waals surface area contributed by atoms with Crippen LogP contribution in [0.15, 0.2) is 27.4 Å². The first-order valence-electron chi connectivity index (χ1n) is 5.42. The van der Waals surface area contributed by atoms with E-state index < -0.39 is 17.6 Å². The fourth-order valence-electron chi connectivity index (χ4n) is 1.74. The van der Waals surface area contributed by atoms with Crippen LogP contribution in [0.2, 0.25) is 5.02 Å². The van der Waals surface area contributed by atoms with Crippen molar-refractivity contribution in [3.8, 4) is 0 Å². The zero-order chi connectivity index (χ0) is 14.9. The monoisotopic (exact) mass is 296 g/mol. The average molecular weight is 297 g/mol. The van der Waals surface area contributed by atoms with E-state index in [2.05, 4.69) is 9.47 Å². The summed E-state index contributed by atoms with van der Waals surface area (Å²) >= 11 is 5.96. The molecule has 0 aliphatic carbocycles. The lowest BCUT2D eigenvalue weighted by molar-refractivity contribution is 0.0590. The highest BCUT2D eigenvalue weighted by atomic mass is 35.5. The minimum atomic E-state index is -0.745. The molecule has 2 rings (SSSR count). The molecule has 0 unspecified atom stereocenters. The van der Waals surface area contributed by atoms with E-state index in [0.29, 0.717) is 0 Å². The Morgan fingerprint density at radius 2 is 1.75 bits per heavy atom. The largest absolute Gasteiger partial charge is 0.465 e. The number of fused-ring (bicyclic) bond motifs is 1. The predicted octanol–water partition coefficient (Wildman–Crippen LogP) is 2.02. The Hall–Kier alpha value is -2.34. The zero-order valence-corrected chi connectivity index (χ0v) is 11.3. The van der Waals surface area contributed by atoms with Crippen LogP contribution in [-0.2, 0) is 9.47 Å². The molecule has 0 saturated heterocycles. The van der Waals surface area contributed by atoms with Crippen LogP contribution in [0.3, 0.4) is 0 Å². The topological polar surface area (TPSA) is 82.8 Å². The van der Waals surface area contributed by atoms with E-state index in [-0.39, 0.29) is 27.1 Å². The van der Waals surface area contributed by atoms with Gasteiger partial charge in [-0.15, -0.1) is 0 Å². The molecule has 0 fully saturated rings. The summed E-state index contributed by atoms with van der Waals surface area (Å²) in [4.78, 5) is 34.6. The van der Waals surface area contributed by atoms with Gasteiger partial charge in [0.2, 0.25) is 0 Å². The third kappa shape index (κ3) is 2.37. The van der Waals surface area contributed by atoms with Crippen LogP contribution in [-0.4, -0.2) is 26.2 Å². The molecular formula is C13H9ClO6. The molecule has 0 aliphatic rings. The summed E-state index contributed by atoms with van der Waals surface area (Å²) in [5.41, 5.74) is -0.645. The highest BCUT2D eigenvalue weighted by molar-refractivity contribution is 6.35. The molecule has 0 radical (unpaired) electrons. The summed E-state index contributed by atoms with van der Waals surface area (Å²) in [5.74, 6) is -1.36. The molecule has 7 heteroatoms. The molecule has 104 valence electrons. The summed E-state index contributed by atoms with van der Waals surface area (Å²) in [6, 6.07) is 3.62. The van der Waals surface area contributed by atoms with Gasteiger partial charge in [-0.05, 0) is 12.1 Å². The molecule has 0 amide bonds. The van der Waals surface area contributed by atoms with Crippen LogP contribution in [0.25, 0.3) is 11.0 Å². The fourth-order valence-corrected chi connectivity index (χ4v) is 2.00. The van der Waals surface area contributed by atoms with Crippen molar-refractivity contribution in [2.24, 2.45) is 0 Å². The molecule has 6 nitrogen and oxygen atoms in total. The van der Waals surface area contributed by atoms with E-state index in [9.17, 15) is 14.4 Å². The lowest BCUT2D eigenvalue weighted by Gasteiger charge is -2.07. The van der Waals surface area contributed by atoms with Crippen molar-refractivity contribution >= 4 is 34.5 Å². The number of benzene rings is 1. The van der Waals surface area contributed by atoms with E-state index >= 15 is 0 Å². The Bertz CT molecular complexity index is 761. The van der Waals surface area contributed by atoms with Crippen molar-refractivity contribution in [2.75, 3.05) is 14.2 Å². The second-order valence-corrected chi connectivity index (χ2v) is 4.20. The number of methoxy groups -OCH3 is 2. The molecular weight excluding hydrogens is 288 g/mol. The van der Waals surface area contributed by atoms with Crippen LogP contribution in [0, 0.1) is 0 Å². The maximum Gasteiger partial charge on any atom is 0.338 e. The summed E-state index contributed by atoms with van der Waals surface area (Å²) in [7, 11) is 2.39. The number of hydrogen-bond acceptors (Lipinski definition) is 6. The second-order valence-electron chi connectivity index (χ2n) is 3.80. The molecule has 1 heterocycles. The summed E-state index contributed by atoms with van der Waals surface area (Å²) in [5, 5.41) is 0.218. The normalized spacial score (nSPS) is 10.3. The van der Waals surface area contributed by atoms with Crippen molar-refractivity contribution in [1.29, 1.82) is 0 Å². The van der Waals surface area contributed by atoms with E-state index in [1.54, 1.807) is 0 Å². The van der Waals surface area contributed by atoms with Gasteiger partial charge >= 0.3 is 17.6 Å². The number of carbonyl (C=O) groups is 2. The van der Waals surface area contributed by atoms with E-state index in [4.69, 9.17) is 16.0 Å². The number of rotatable bonds is 2. The van der Waals surface area contributed by atoms with Crippen LogP contribution in [0.1, 0.15) is 20.7 Å². The van der Waals surface area contributed by atoms with Crippen molar-refractivity contribution < 1.29 is 23.5 Å². The van der Waals surface area contributed by atoms with Crippen LogP contribution in [0.5, 0.6) is 0 Å². The van der Waals surface area contributed by atoms with Crippen LogP contribution < -0.4 is 5.63 Å². The molecule has 0 N–H and O–H groups in total. The van der Waals surface area contributed by atoms with Gasteiger partial charge in [-0.25, -0.2) is 14.4 Å². The van der Waals surface area contributed by atoms with Gasteiger partial charge in [0.05, 0.1) is 30.4 Å². The first-order chi connectivity index (χ1) is 9.47. The van der Waals surface area contributed by atoms with Gasteiger partial charge in [-0.3, -0.25) is 0 Å². The van der Waals surface area contributed by atoms with Crippen molar-refractivity contribution in [2.45, 2.75) is 0 Å². The van der Waals surface area contributed by atoms with Gasteiger partial charge in [-0.2, -0.15) is 0 Å². The van der Waals surface area contributed by atoms with Gasteiger partial charge in [0.1, 0.15) is 0 Å². The van der Waals surface area contributed by atoms with Gasteiger partial charge in [0, 0.05) is 11.5 Å². The zero-order valence-electron chi connectivity index (χ0n) is 10.6. The summed E-state index contributed by atoms with van der Waals surface area (Å²) in [6.07, 6.45) is 0. The van der Waals surface area contributed by atoms with Crippen molar-refractivity contribution in [1.82, 2.24) is 0 Å². The molecule has 1 aromatic carbocycles. The Labute approximate surface area is 117 Å². The number of carbonyl (C=O) groups excluding carboxylic acids is 2. The lowest BCUT2D eigenvalue weighted by atomic mass is 10.1. The lowest BCUT2D eigenvalue weighted by Crippen LogP contribution is -2.09. The standard InChI is InChI=1S/C13H9ClO6/c1-18-12(16)6-3-7-8(13(17)19-2)5-10(15)20-11(7)9(14)4-6/h3-5H,1-2H3. The predicted molar refractivity (Wildman–Crippen MR) is 70.2 cm³/mol. The van der Waals surface area contributed by atoms with Crippen LogP contribution >= 0.6 is 11.6 Å². The van der Waals surface area contributed by atoms with Crippen molar-refractivity contribution in [3.63, 3.8) is 0 Å². The Balaban J connectivity index is 2.85. The Kier molecular flexibility index (Phi) is 3.76. The number of halogens is 1. The SMILES string of the molecule is COC(=O)c1cc(Cl)c2oc(=O)cc(C(=O)OC)c2c1. The summed E-state index contributed by atoms with van der Waals surface area (Å²) in [6.45, 7) is 0. The minimum Gasteiger partial charge on any atom is -0.465 e. The quantitative estimate of drug-likeness (QED) is 0.623. The number of esters is 2. The average Bonchev–Trinajstić information content (AvgIpc) is 2.45. The highest BCUT2D eigenvalue weighted by Gasteiger charge is 2.18. The number of ether oxygens (including phenoxy) is 2. The van der Waals surface area contributed by atoms with Gasteiger partial charge < -0.3 is 13.9 Å². The first kappa shape index (κ1) is 14.1. The molecule has 0 spiro atoms. The van der Waals surface area contributed by atoms with Gasteiger partial charge in [0.25, 0.3) is 0 Å². The fraction of sp³-hybridized carbons (Fsp3) is 0.154. The Morgan fingerprint density at radius 3 is 2.35 bits per heavy atom. The third-order valence-corrected chi connectivity index (χ3v) is 2.91. The van der Waals surface area contributed by atoms with Crippen molar-refractivity contribution in [3.05, 3.63) is 44.8 Å². The minimum absolute atomic E-state index is 0.00668. The maximum absolute atomic E-state index is 11.7. The smallest absolute Gasteiger partial charge is 0.338 e. The molecule has 2 aromatic rings. The highest BCUT2D eigenvalue weighted by Crippen LogP contribution is 2.27. The first-order valence-corrected chi connectivity index (χ1v) is 5.79. The molecule has 0 atom stereocenters. The molecule has 20 heavy (non-hydrogen) atoms. The van der Waals surface area contributed by atoms with Crippen LogP contribution in [0.4, 0.5) is 0 Å². The van der Waals surface area contributed by atoms with Gasteiger partial charge in [0.15, 0.2) is 5.58 Å². The molecule has 0 bridgehead atoms. The Morgan fingerprint density at radius 1 is 1.10 bits per heavy atom. The molecule has 0 saturated carbocycles.